The van der Waals surface area contributed by atoms with E-state index < -0.39 is 0 Å². The van der Waals surface area contributed by atoms with Crippen LogP contribution in [0.15, 0.2) is 84.9 Å². The van der Waals surface area contributed by atoms with Crippen molar-refractivity contribution >= 4 is 17.3 Å². The topological polar surface area (TPSA) is 32.3 Å². The van der Waals surface area contributed by atoms with Gasteiger partial charge in [0.05, 0.1) is 6.54 Å². The molecule has 3 nitrogen and oxygen atoms in total. The predicted molar refractivity (Wildman–Crippen MR) is 108 cm³/mol. The van der Waals surface area contributed by atoms with Crippen molar-refractivity contribution in [3.8, 4) is 0 Å². The Balaban J connectivity index is 1.66. The first-order valence-corrected chi connectivity index (χ1v) is 8.92. The molecule has 26 heavy (non-hydrogen) atoms. The van der Waals surface area contributed by atoms with Gasteiger partial charge in [0.25, 0.3) is 0 Å². The van der Waals surface area contributed by atoms with E-state index in [4.69, 9.17) is 0 Å². The number of anilines is 2. The largest absolute Gasteiger partial charge is 0.385 e. The molecular weight excluding hydrogens is 320 g/mol. The quantitative estimate of drug-likeness (QED) is 0.652. The normalized spacial score (nSPS) is 10.3. The minimum Gasteiger partial charge on any atom is -0.385 e. The highest BCUT2D eigenvalue weighted by Crippen LogP contribution is 2.18. The van der Waals surface area contributed by atoms with E-state index in [1.807, 2.05) is 77.7 Å². The maximum absolute atomic E-state index is 12.9. The Kier molecular flexibility index (Phi) is 6.05. The third kappa shape index (κ3) is 4.96. The zero-order valence-corrected chi connectivity index (χ0v) is 15.1. The summed E-state index contributed by atoms with van der Waals surface area (Å²) in [5.41, 5.74) is 4.30. The monoisotopic (exact) mass is 344 g/mol. The number of nitrogens with one attached hydrogen (secondary N) is 1. The van der Waals surface area contributed by atoms with Crippen molar-refractivity contribution in [3.63, 3.8) is 0 Å². The molecule has 0 aliphatic heterocycles. The van der Waals surface area contributed by atoms with Crippen molar-refractivity contribution in [3.05, 3.63) is 96.1 Å². The molecule has 0 aliphatic rings. The first kappa shape index (κ1) is 17.7. The molecule has 3 heteroatoms. The Morgan fingerprint density at radius 3 is 2.27 bits per heavy atom. The van der Waals surface area contributed by atoms with E-state index in [0.717, 1.165) is 16.9 Å². The molecule has 3 rings (SSSR count). The molecule has 0 aliphatic carbocycles. The molecule has 0 aromatic heterocycles. The summed E-state index contributed by atoms with van der Waals surface area (Å²) >= 11 is 0. The summed E-state index contributed by atoms with van der Waals surface area (Å²) in [7, 11) is 0. The highest BCUT2D eigenvalue weighted by atomic mass is 16.2. The maximum atomic E-state index is 12.9. The molecule has 0 atom stereocenters. The van der Waals surface area contributed by atoms with Gasteiger partial charge in [-0.1, -0.05) is 60.7 Å². The second kappa shape index (κ2) is 8.86. The minimum absolute atomic E-state index is 0.111. The zero-order valence-electron chi connectivity index (χ0n) is 15.1. The van der Waals surface area contributed by atoms with Crippen molar-refractivity contribution in [2.75, 3.05) is 16.8 Å². The van der Waals surface area contributed by atoms with E-state index in [1.54, 1.807) is 0 Å². The molecular formula is C23H24N2O. The van der Waals surface area contributed by atoms with Crippen molar-refractivity contribution in [2.45, 2.75) is 19.9 Å². The van der Waals surface area contributed by atoms with Gasteiger partial charge >= 0.3 is 0 Å². The average molecular weight is 344 g/mol. The van der Waals surface area contributed by atoms with Gasteiger partial charge in [-0.25, -0.2) is 0 Å². The summed E-state index contributed by atoms with van der Waals surface area (Å²) in [5.74, 6) is 0.111. The van der Waals surface area contributed by atoms with Crippen molar-refractivity contribution in [1.29, 1.82) is 0 Å². The number of aryl methyl sites for hydroxylation is 1. The summed E-state index contributed by atoms with van der Waals surface area (Å²) in [6.07, 6.45) is 0.440. The van der Waals surface area contributed by atoms with Crippen LogP contribution < -0.4 is 10.2 Å². The molecule has 0 bridgehead atoms. The molecule has 1 N–H and O–H groups in total. The first-order chi connectivity index (χ1) is 12.7. The van der Waals surface area contributed by atoms with Crippen LogP contribution in [0.4, 0.5) is 11.4 Å². The van der Waals surface area contributed by atoms with Crippen LogP contribution in [0.3, 0.4) is 0 Å². The van der Waals surface area contributed by atoms with Gasteiger partial charge < -0.3 is 10.2 Å². The van der Waals surface area contributed by atoms with Crippen LogP contribution in [0.1, 0.15) is 17.5 Å². The third-order valence-electron chi connectivity index (χ3n) is 4.24. The van der Waals surface area contributed by atoms with Gasteiger partial charge in [-0.2, -0.15) is 0 Å². The van der Waals surface area contributed by atoms with Crippen molar-refractivity contribution in [2.24, 2.45) is 0 Å². The Labute approximate surface area is 155 Å². The van der Waals surface area contributed by atoms with Gasteiger partial charge in [0.15, 0.2) is 0 Å². The number of hydrogen-bond acceptors (Lipinski definition) is 2. The van der Waals surface area contributed by atoms with E-state index in [2.05, 4.69) is 24.4 Å². The lowest BCUT2D eigenvalue weighted by atomic mass is 10.1. The zero-order chi connectivity index (χ0) is 18.2. The van der Waals surface area contributed by atoms with Crippen LogP contribution in [0.25, 0.3) is 0 Å². The lowest BCUT2D eigenvalue weighted by molar-refractivity contribution is -0.118. The molecule has 0 unspecified atom stereocenters. The minimum atomic E-state index is 0.111. The highest BCUT2D eigenvalue weighted by molar-refractivity contribution is 5.93. The molecule has 0 fully saturated rings. The maximum Gasteiger partial charge on any atom is 0.229 e. The van der Waals surface area contributed by atoms with Gasteiger partial charge in [0.1, 0.15) is 0 Å². The number of amides is 1. The van der Waals surface area contributed by atoms with Crippen molar-refractivity contribution in [1.82, 2.24) is 0 Å². The molecule has 0 radical (unpaired) electrons. The van der Waals surface area contributed by atoms with E-state index in [1.165, 1.54) is 5.56 Å². The van der Waals surface area contributed by atoms with Crippen LogP contribution in [-0.4, -0.2) is 12.5 Å². The fourth-order valence-electron chi connectivity index (χ4n) is 2.90. The standard InChI is InChI=1S/C23H24N2O/c1-19-9-8-12-21(17-19)24-16-15-23(26)25(22-13-6-3-7-14-22)18-20-10-4-2-5-11-20/h2-14,17,24H,15-16,18H2,1H3. The number of rotatable bonds is 7. The third-order valence-corrected chi connectivity index (χ3v) is 4.24. The fraction of sp³-hybridized carbons (Fsp3) is 0.174. The summed E-state index contributed by atoms with van der Waals surface area (Å²) in [6.45, 7) is 3.25. The van der Waals surface area contributed by atoms with Gasteiger partial charge in [-0.3, -0.25) is 4.79 Å². The molecule has 1 amide bonds. The van der Waals surface area contributed by atoms with E-state index >= 15 is 0 Å². The fourth-order valence-corrected chi connectivity index (χ4v) is 2.90. The van der Waals surface area contributed by atoms with Crippen LogP contribution >= 0.6 is 0 Å². The van der Waals surface area contributed by atoms with Gasteiger partial charge in [-0.05, 0) is 42.3 Å². The number of benzene rings is 3. The Morgan fingerprint density at radius 2 is 1.58 bits per heavy atom. The lowest BCUT2D eigenvalue weighted by Crippen LogP contribution is -2.31. The Hall–Kier alpha value is -3.07. The second-order valence-corrected chi connectivity index (χ2v) is 6.35. The van der Waals surface area contributed by atoms with Crippen LogP contribution in [0.2, 0.25) is 0 Å². The van der Waals surface area contributed by atoms with Crippen molar-refractivity contribution < 1.29 is 4.79 Å². The molecule has 0 heterocycles. The molecule has 132 valence electrons. The van der Waals surface area contributed by atoms with Crippen LogP contribution in [0, 0.1) is 6.92 Å². The highest BCUT2D eigenvalue weighted by Gasteiger charge is 2.15. The Morgan fingerprint density at radius 1 is 0.885 bits per heavy atom. The van der Waals surface area contributed by atoms with E-state index in [0.29, 0.717) is 19.5 Å². The number of nitrogens with zero attached hydrogens (tertiary/aromatic N) is 1. The number of para-hydroxylation sites is 1. The Bertz CT molecular complexity index is 831. The molecule has 0 saturated heterocycles. The second-order valence-electron chi connectivity index (χ2n) is 6.35. The molecule has 0 saturated carbocycles. The van der Waals surface area contributed by atoms with Crippen LogP contribution in [-0.2, 0) is 11.3 Å². The summed E-state index contributed by atoms with van der Waals surface area (Å²) in [6, 6.07) is 28.1. The summed E-state index contributed by atoms with van der Waals surface area (Å²) in [5, 5.41) is 3.34. The SMILES string of the molecule is Cc1cccc(NCCC(=O)N(Cc2ccccc2)c2ccccc2)c1. The lowest BCUT2D eigenvalue weighted by Gasteiger charge is -2.23. The van der Waals surface area contributed by atoms with Gasteiger partial charge in [-0.15, -0.1) is 0 Å². The first-order valence-electron chi connectivity index (χ1n) is 8.92. The summed E-state index contributed by atoms with van der Waals surface area (Å²) in [4.78, 5) is 14.7. The molecule has 3 aromatic rings. The van der Waals surface area contributed by atoms with Gasteiger partial charge in [0.2, 0.25) is 5.91 Å². The average Bonchev–Trinajstić information content (AvgIpc) is 2.67. The summed E-state index contributed by atoms with van der Waals surface area (Å²) < 4.78 is 0. The smallest absolute Gasteiger partial charge is 0.229 e. The van der Waals surface area contributed by atoms with Crippen LogP contribution in [0.5, 0.6) is 0 Å². The van der Waals surface area contributed by atoms with E-state index in [9.17, 15) is 4.79 Å². The number of carbonyl (C=O) groups is 1. The van der Waals surface area contributed by atoms with Gasteiger partial charge in [0, 0.05) is 24.3 Å². The number of carbonyl (C=O) groups excluding carboxylic acids is 1. The van der Waals surface area contributed by atoms with E-state index in [-0.39, 0.29) is 5.91 Å². The number of hydrogen-bond donors (Lipinski definition) is 1. The molecule has 3 aromatic carbocycles. The molecule has 0 spiro atoms. The predicted octanol–water partition coefficient (Wildman–Crippen LogP) is 5.03.